The molecule has 5 rings (SSSR count). The number of fused-ring (bicyclic) bond motifs is 2. The number of carbonyl (C=O) groups is 1. The maximum Gasteiger partial charge on any atom is 0.289 e. The van der Waals surface area contributed by atoms with Crippen molar-refractivity contribution < 1.29 is 9.90 Å². The zero-order valence-corrected chi connectivity index (χ0v) is 16.0. The maximum atomic E-state index is 13.1. The molecule has 29 heavy (non-hydrogen) atoms. The lowest BCUT2D eigenvalue weighted by atomic mass is 9.67. The number of para-hydroxylation sites is 1. The van der Waals surface area contributed by atoms with E-state index in [4.69, 9.17) is 0 Å². The van der Waals surface area contributed by atoms with E-state index < -0.39 is 5.60 Å². The molecule has 6 heteroatoms. The number of benzene rings is 2. The Labute approximate surface area is 168 Å². The van der Waals surface area contributed by atoms with E-state index in [-0.39, 0.29) is 29.1 Å². The molecular formula is C23H23N3O3. The van der Waals surface area contributed by atoms with Crippen LogP contribution in [-0.2, 0) is 5.60 Å². The van der Waals surface area contributed by atoms with Crippen molar-refractivity contribution in [2.75, 3.05) is 13.1 Å². The standard InChI is InChI=1S/C23H23N3O3/c27-21-17-10-4-5-11-19(17)24-20(25-21)22(28)26-13-15-7-6-12-23(29,18(15)14-26)16-8-2-1-3-9-16/h1-5,8-11,15,18,29H,6-7,12-14H2,(H,24,25,27)/t15-,18+,23+/m0/s1. The van der Waals surface area contributed by atoms with E-state index in [0.29, 0.717) is 30.4 Å². The summed E-state index contributed by atoms with van der Waals surface area (Å²) in [4.78, 5) is 34.3. The molecule has 3 atom stereocenters. The number of aromatic nitrogens is 2. The first-order chi connectivity index (χ1) is 14.1. The number of hydrogen-bond donors (Lipinski definition) is 2. The summed E-state index contributed by atoms with van der Waals surface area (Å²) < 4.78 is 0. The molecule has 2 fully saturated rings. The van der Waals surface area contributed by atoms with Crippen LogP contribution < -0.4 is 5.56 Å². The lowest BCUT2D eigenvalue weighted by Crippen LogP contribution is -2.43. The summed E-state index contributed by atoms with van der Waals surface area (Å²) in [6.45, 7) is 1.04. The molecule has 2 aliphatic rings. The summed E-state index contributed by atoms with van der Waals surface area (Å²) in [5, 5.41) is 12.0. The minimum Gasteiger partial charge on any atom is -0.385 e. The first kappa shape index (κ1) is 18.1. The van der Waals surface area contributed by atoms with Gasteiger partial charge in [-0.25, -0.2) is 4.98 Å². The average Bonchev–Trinajstić information content (AvgIpc) is 3.20. The third-order valence-electron chi connectivity index (χ3n) is 6.56. The number of amides is 1. The highest BCUT2D eigenvalue weighted by Gasteiger charge is 2.50. The number of aromatic amines is 1. The van der Waals surface area contributed by atoms with Crippen LogP contribution in [0.1, 0.15) is 35.4 Å². The molecule has 0 radical (unpaired) electrons. The number of carbonyl (C=O) groups excluding carboxylic acids is 1. The second-order valence-electron chi connectivity index (χ2n) is 8.19. The molecule has 2 aromatic carbocycles. The number of hydrogen-bond acceptors (Lipinski definition) is 4. The second kappa shape index (κ2) is 6.81. The van der Waals surface area contributed by atoms with Gasteiger partial charge in [-0.1, -0.05) is 42.5 Å². The van der Waals surface area contributed by atoms with E-state index in [0.717, 1.165) is 18.4 Å². The monoisotopic (exact) mass is 389 g/mol. The Kier molecular flexibility index (Phi) is 4.24. The van der Waals surface area contributed by atoms with Crippen molar-refractivity contribution in [2.24, 2.45) is 11.8 Å². The summed E-state index contributed by atoms with van der Waals surface area (Å²) in [6.07, 6.45) is 2.62. The number of likely N-dealkylation sites (tertiary alicyclic amines) is 1. The summed E-state index contributed by atoms with van der Waals surface area (Å²) in [5.41, 5.74) is 0.193. The predicted octanol–water partition coefficient (Wildman–Crippen LogP) is 2.68. The number of aliphatic hydroxyl groups is 1. The summed E-state index contributed by atoms with van der Waals surface area (Å²) >= 11 is 0. The van der Waals surface area contributed by atoms with Crippen molar-refractivity contribution in [3.05, 3.63) is 76.3 Å². The van der Waals surface area contributed by atoms with Crippen molar-refractivity contribution in [1.82, 2.24) is 14.9 Å². The van der Waals surface area contributed by atoms with Gasteiger partial charge in [-0.15, -0.1) is 0 Å². The van der Waals surface area contributed by atoms with Gasteiger partial charge >= 0.3 is 0 Å². The Morgan fingerprint density at radius 3 is 2.69 bits per heavy atom. The van der Waals surface area contributed by atoms with Crippen molar-refractivity contribution in [3.8, 4) is 0 Å². The van der Waals surface area contributed by atoms with Crippen molar-refractivity contribution in [2.45, 2.75) is 24.9 Å². The van der Waals surface area contributed by atoms with Crippen LogP contribution in [0.25, 0.3) is 10.9 Å². The Hall–Kier alpha value is -2.99. The Balaban J connectivity index is 1.45. The van der Waals surface area contributed by atoms with Crippen LogP contribution in [0.4, 0.5) is 0 Å². The highest BCUT2D eigenvalue weighted by atomic mass is 16.3. The highest BCUT2D eigenvalue weighted by Crippen LogP contribution is 2.48. The molecule has 1 aromatic heterocycles. The van der Waals surface area contributed by atoms with Crippen LogP contribution in [-0.4, -0.2) is 39.0 Å². The van der Waals surface area contributed by atoms with Gasteiger partial charge < -0.3 is 15.0 Å². The first-order valence-electron chi connectivity index (χ1n) is 10.1. The van der Waals surface area contributed by atoms with Gasteiger partial charge in [0.15, 0.2) is 5.82 Å². The molecule has 1 amide bonds. The molecular weight excluding hydrogens is 366 g/mol. The summed E-state index contributed by atoms with van der Waals surface area (Å²) in [5.74, 6) is 0.00752. The minimum absolute atomic E-state index is 0.0187. The lowest BCUT2D eigenvalue weighted by Gasteiger charge is -2.41. The van der Waals surface area contributed by atoms with Crippen LogP contribution in [0.15, 0.2) is 59.4 Å². The molecule has 2 N–H and O–H groups in total. The van der Waals surface area contributed by atoms with Gasteiger partial charge in [0, 0.05) is 19.0 Å². The van der Waals surface area contributed by atoms with Crippen LogP contribution in [0.3, 0.4) is 0 Å². The van der Waals surface area contributed by atoms with Crippen LogP contribution in [0, 0.1) is 11.8 Å². The SMILES string of the molecule is O=C(c1nc2ccccc2c(=O)[nH]1)N1C[C@@H]2CCC[C@@](O)(c3ccccc3)[C@@H]2C1. The van der Waals surface area contributed by atoms with Gasteiger partial charge in [0.1, 0.15) is 0 Å². The van der Waals surface area contributed by atoms with E-state index in [2.05, 4.69) is 9.97 Å². The Bertz CT molecular complexity index is 1130. The fourth-order valence-electron chi connectivity index (χ4n) is 5.11. The number of nitrogens with zero attached hydrogens (tertiary/aromatic N) is 2. The summed E-state index contributed by atoms with van der Waals surface area (Å²) in [7, 11) is 0. The molecule has 1 saturated heterocycles. The molecule has 6 nitrogen and oxygen atoms in total. The zero-order valence-electron chi connectivity index (χ0n) is 16.0. The van der Waals surface area contributed by atoms with Crippen LogP contribution in [0.2, 0.25) is 0 Å². The van der Waals surface area contributed by atoms with Crippen molar-refractivity contribution in [1.29, 1.82) is 0 Å². The van der Waals surface area contributed by atoms with Gasteiger partial charge in [-0.2, -0.15) is 0 Å². The molecule has 0 bridgehead atoms. The van der Waals surface area contributed by atoms with Crippen LogP contribution >= 0.6 is 0 Å². The molecule has 0 spiro atoms. The highest BCUT2D eigenvalue weighted by molar-refractivity contribution is 5.92. The van der Waals surface area contributed by atoms with Crippen molar-refractivity contribution >= 4 is 16.8 Å². The Morgan fingerprint density at radius 2 is 1.86 bits per heavy atom. The smallest absolute Gasteiger partial charge is 0.289 e. The first-order valence-corrected chi connectivity index (χ1v) is 10.1. The van der Waals surface area contributed by atoms with Crippen LogP contribution in [0.5, 0.6) is 0 Å². The predicted molar refractivity (Wildman–Crippen MR) is 109 cm³/mol. The molecule has 1 aliphatic heterocycles. The third kappa shape index (κ3) is 2.95. The second-order valence-corrected chi connectivity index (χ2v) is 8.19. The third-order valence-corrected chi connectivity index (χ3v) is 6.56. The van der Waals surface area contributed by atoms with Gasteiger partial charge in [-0.05, 0) is 42.9 Å². The van der Waals surface area contributed by atoms with Gasteiger partial charge in [0.05, 0.1) is 16.5 Å². The fraction of sp³-hybridized carbons (Fsp3) is 0.348. The fourth-order valence-corrected chi connectivity index (χ4v) is 5.11. The van der Waals surface area contributed by atoms with Gasteiger partial charge in [0.25, 0.3) is 11.5 Å². The van der Waals surface area contributed by atoms with Crippen molar-refractivity contribution in [3.63, 3.8) is 0 Å². The van der Waals surface area contributed by atoms with E-state index >= 15 is 0 Å². The molecule has 1 saturated carbocycles. The molecule has 0 unspecified atom stereocenters. The number of rotatable bonds is 2. The lowest BCUT2D eigenvalue weighted by molar-refractivity contribution is -0.0644. The normalized spacial score (nSPS) is 26.4. The topological polar surface area (TPSA) is 86.3 Å². The molecule has 2 heterocycles. The molecule has 1 aliphatic carbocycles. The Morgan fingerprint density at radius 1 is 1.10 bits per heavy atom. The minimum atomic E-state index is -0.927. The van der Waals surface area contributed by atoms with E-state index in [9.17, 15) is 14.7 Å². The summed E-state index contributed by atoms with van der Waals surface area (Å²) in [6, 6.07) is 16.8. The zero-order chi connectivity index (χ0) is 20.0. The quantitative estimate of drug-likeness (QED) is 0.706. The number of H-pyrrole nitrogens is 1. The largest absolute Gasteiger partial charge is 0.385 e. The molecule has 3 aromatic rings. The maximum absolute atomic E-state index is 13.1. The van der Waals surface area contributed by atoms with Gasteiger partial charge in [-0.3, -0.25) is 9.59 Å². The number of nitrogens with one attached hydrogen (secondary N) is 1. The van der Waals surface area contributed by atoms with Gasteiger partial charge in [0.2, 0.25) is 0 Å². The molecule has 148 valence electrons. The average molecular weight is 389 g/mol. The van der Waals surface area contributed by atoms with E-state index in [1.54, 1.807) is 29.2 Å². The van der Waals surface area contributed by atoms with E-state index in [1.165, 1.54) is 0 Å². The van der Waals surface area contributed by atoms with E-state index in [1.807, 2.05) is 30.3 Å².